The quantitative estimate of drug-likeness (QED) is 0.891. The van der Waals surface area contributed by atoms with Gasteiger partial charge in [-0.05, 0) is 25.7 Å². The highest BCUT2D eigenvalue weighted by atomic mass is 32.1. The minimum atomic E-state index is -0.798. The van der Waals surface area contributed by atoms with Gasteiger partial charge in [-0.25, -0.2) is 9.78 Å². The highest BCUT2D eigenvalue weighted by Crippen LogP contribution is 2.21. The predicted molar refractivity (Wildman–Crippen MR) is 75.6 cm³/mol. The van der Waals surface area contributed by atoms with E-state index >= 15 is 0 Å². The molecule has 2 amide bonds. The molecule has 1 aromatic rings. The number of rotatable bonds is 4. The smallest absolute Gasteiger partial charge is 0.317 e. The second kappa shape index (κ2) is 6.69. The maximum absolute atomic E-state index is 12.2. The van der Waals surface area contributed by atoms with Gasteiger partial charge < -0.3 is 15.3 Å². The highest BCUT2D eigenvalue weighted by molar-refractivity contribution is 7.09. The van der Waals surface area contributed by atoms with Crippen LogP contribution < -0.4 is 5.32 Å². The number of nitrogens with one attached hydrogen (secondary N) is 1. The Morgan fingerprint density at radius 2 is 2.45 bits per heavy atom. The van der Waals surface area contributed by atoms with Gasteiger partial charge in [-0.3, -0.25) is 4.79 Å². The van der Waals surface area contributed by atoms with E-state index in [9.17, 15) is 9.59 Å². The van der Waals surface area contributed by atoms with Crippen molar-refractivity contribution in [2.45, 2.75) is 32.2 Å². The number of amides is 2. The van der Waals surface area contributed by atoms with Gasteiger partial charge in [-0.1, -0.05) is 0 Å². The molecule has 6 nitrogen and oxygen atoms in total. The van der Waals surface area contributed by atoms with Crippen LogP contribution in [0.5, 0.6) is 0 Å². The van der Waals surface area contributed by atoms with Crippen LogP contribution in [0, 0.1) is 5.92 Å². The Hall–Kier alpha value is -1.63. The van der Waals surface area contributed by atoms with Gasteiger partial charge in [-0.2, -0.15) is 0 Å². The molecule has 7 heteroatoms. The van der Waals surface area contributed by atoms with Crippen LogP contribution in [0.15, 0.2) is 11.6 Å². The summed E-state index contributed by atoms with van der Waals surface area (Å²) in [6.07, 6.45) is 3.58. The van der Waals surface area contributed by atoms with E-state index in [2.05, 4.69) is 10.3 Å². The van der Waals surface area contributed by atoms with Gasteiger partial charge in [0, 0.05) is 31.1 Å². The monoisotopic (exact) mass is 297 g/mol. The third-order valence-corrected chi connectivity index (χ3v) is 4.39. The fourth-order valence-corrected chi connectivity index (χ4v) is 3.10. The standard InChI is InChI=1S/C13H19N3O3S/c1-9(12-14-4-6-20-12)15-13(19)16-5-2-3-10(8-16)7-11(17)18/h4,6,9-10H,2-3,5,7-8H2,1H3,(H,15,19)(H,17,18). The van der Waals surface area contributed by atoms with E-state index in [1.165, 1.54) is 11.3 Å². The number of carboxylic acid groups (broad SMARTS) is 1. The van der Waals surface area contributed by atoms with E-state index in [0.717, 1.165) is 17.8 Å². The Balaban J connectivity index is 1.87. The lowest BCUT2D eigenvalue weighted by Crippen LogP contribution is -2.46. The summed E-state index contributed by atoms with van der Waals surface area (Å²) in [7, 11) is 0. The number of aliphatic carboxylic acids is 1. The molecule has 1 aliphatic heterocycles. The zero-order chi connectivity index (χ0) is 14.5. The molecule has 0 bridgehead atoms. The summed E-state index contributed by atoms with van der Waals surface area (Å²) >= 11 is 1.51. The maximum atomic E-state index is 12.2. The first-order chi connectivity index (χ1) is 9.56. The number of nitrogens with zero attached hydrogens (tertiary/aromatic N) is 2. The molecule has 20 heavy (non-hydrogen) atoms. The number of hydrogen-bond donors (Lipinski definition) is 2. The average Bonchev–Trinajstić information content (AvgIpc) is 2.92. The second-order valence-corrected chi connectivity index (χ2v) is 6.02. The van der Waals surface area contributed by atoms with Crippen molar-refractivity contribution in [3.05, 3.63) is 16.6 Å². The summed E-state index contributed by atoms with van der Waals surface area (Å²) in [6.45, 7) is 3.10. The molecule has 2 heterocycles. The summed E-state index contributed by atoms with van der Waals surface area (Å²) in [6, 6.07) is -0.259. The Labute approximate surface area is 121 Å². The minimum Gasteiger partial charge on any atom is -0.481 e. The number of piperidine rings is 1. The maximum Gasteiger partial charge on any atom is 0.317 e. The van der Waals surface area contributed by atoms with Gasteiger partial charge >= 0.3 is 12.0 Å². The molecule has 2 rings (SSSR count). The van der Waals surface area contributed by atoms with E-state index in [1.54, 1.807) is 11.1 Å². The lowest BCUT2D eigenvalue weighted by molar-refractivity contribution is -0.138. The SMILES string of the molecule is CC(NC(=O)N1CCCC(CC(=O)O)C1)c1nccs1. The number of hydrogen-bond acceptors (Lipinski definition) is 4. The topological polar surface area (TPSA) is 82.5 Å². The van der Waals surface area contributed by atoms with Crippen molar-refractivity contribution in [3.63, 3.8) is 0 Å². The van der Waals surface area contributed by atoms with Gasteiger partial charge in [0.25, 0.3) is 0 Å². The Kier molecular flexibility index (Phi) is 4.94. The van der Waals surface area contributed by atoms with Crippen molar-refractivity contribution in [2.75, 3.05) is 13.1 Å². The molecule has 1 saturated heterocycles. The van der Waals surface area contributed by atoms with Crippen molar-refractivity contribution >= 4 is 23.3 Å². The van der Waals surface area contributed by atoms with Crippen molar-refractivity contribution < 1.29 is 14.7 Å². The molecule has 0 spiro atoms. The van der Waals surface area contributed by atoms with Crippen LogP contribution in [-0.4, -0.2) is 40.1 Å². The van der Waals surface area contributed by atoms with Crippen LogP contribution in [0.25, 0.3) is 0 Å². The Morgan fingerprint density at radius 1 is 1.65 bits per heavy atom. The molecule has 110 valence electrons. The van der Waals surface area contributed by atoms with E-state index in [-0.39, 0.29) is 24.4 Å². The molecule has 1 aromatic heterocycles. The number of likely N-dealkylation sites (tertiary alicyclic amines) is 1. The molecule has 0 aliphatic carbocycles. The number of carbonyl (C=O) groups excluding carboxylic acids is 1. The molecular formula is C13H19N3O3S. The molecule has 2 N–H and O–H groups in total. The number of urea groups is 1. The van der Waals surface area contributed by atoms with Crippen LogP contribution >= 0.6 is 11.3 Å². The molecule has 1 fully saturated rings. The summed E-state index contributed by atoms with van der Waals surface area (Å²) < 4.78 is 0. The van der Waals surface area contributed by atoms with Crippen molar-refractivity contribution in [2.24, 2.45) is 5.92 Å². The number of aromatic nitrogens is 1. The van der Waals surface area contributed by atoms with Gasteiger partial charge in [0.15, 0.2) is 0 Å². The van der Waals surface area contributed by atoms with Crippen molar-refractivity contribution in [1.82, 2.24) is 15.2 Å². The minimum absolute atomic E-state index is 0.0576. The molecule has 2 atom stereocenters. The first-order valence-corrected chi connectivity index (χ1v) is 7.61. The zero-order valence-corrected chi connectivity index (χ0v) is 12.2. The van der Waals surface area contributed by atoms with Crippen LogP contribution in [0.4, 0.5) is 4.79 Å². The number of carboxylic acids is 1. The number of thiazole rings is 1. The lowest BCUT2D eigenvalue weighted by Gasteiger charge is -2.32. The van der Waals surface area contributed by atoms with E-state index in [4.69, 9.17) is 5.11 Å². The van der Waals surface area contributed by atoms with Crippen LogP contribution in [0.1, 0.15) is 37.2 Å². The second-order valence-electron chi connectivity index (χ2n) is 5.09. The summed E-state index contributed by atoms with van der Waals surface area (Å²) in [5.74, 6) is -0.740. The summed E-state index contributed by atoms with van der Waals surface area (Å²) in [5, 5.41) is 14.5. The van der Waals surface area contributed by atoms with E-state index in [0.29, 0.717) is 13.1 Å². The largest absolute Gasteiger partial charge is 0.481 e. The van der Waals surface area contributed by atoms with Crippen molar-refractivity contribution in [1.29, 1.82) is 0 Å². The fraction of sp³-hybridized carbons (Fsp3) is 0.615. The molecule has 0 radical (unpaired) electrons. The van der Waals surface area contributed by atoms with Crippen LogP contribution in [-0.2, 0) is 4.79 Å². The Morgan fingerprint density at radius 3 is 3.10 bits per heavy atom. The fourth-order valence-electron chi connectivity index (χ4n) is 2.45. The van der Waals surface area contributed by atoms with E-state index in [1.807, 2.05) is 12.3 Å². The molecular weight excluding hydrogens is 278 g/mol. The predicted octanol–water partition coefficient (Wildman–Crippen LogP) is 2.10. The average molecular weight is 297 g/mol. The van der Waals surface area contributed by atoms with Gasteiger partial charge in [0.05, 0.1) is 6.04 Å². The van der Waals surface area contributed by atoms with Crippen LogP contribution in [0.3, 0.4) is 0 Å². The first-order valence-electron chi connectivity index (χ1n) is 6.73. The van der Waals surface area contributed by atoms with Crippen LogP contribution in [0.2, 0.25) is 0 Å². The van der Waals surface area contributed by atoms with Gasteiger partial charge in [0.2, 0.25) is 0 Å². The molecule has 0 aromatic carbocycles. The van der Waals surface area contributed by atoms with Gasteiger partial charge in [-0.15, -0.1) is 11.3 Å². The molecule has 0 saturated carbocycles. The normalized spacial score (nSPS) is 20.4. The number of carbonyl (C=O) groups is 2. The van der Waals surface area contributed by atoms with Crippen molar-refractivity contribution in [3.8, 4) is 0 Å². The lowest BCUT2D eigenvalue weighted by atomic mass is 9.95. The zero-order valence-electron chi connectivity index (χ0n) is 11.4. The summed E-state index contributed by atoms with van der Waals surface area (Å²) in [4.78, 5) is 28.8. The molecule has 1 aliphatic rings. The first kappa shape index (κ1) is 14.8. The third-order valence-electron chi connectivity index (χ3n) is 3.43. The third kappa shape index (κ3) is 3.93. The molecule has 2 unspecified atom stereocenters. The van der Waals surface area contributed by atoms with Gasteiger partial charge in [0.1, 0.15) is 5.01 Å². The summed E-state index contributed by atoms with van der Waals surface area (Å²) in [5.41, 5.74) is 0. The Bertz CT molecular complexity index is 463. The van der Waals surface area contributed by atoms with E-state index < -0.39 is 5.97 Å². The highest BCUT2D eigenvalue weighted by Gasteiger charge is 2.26.